The fourth-order valence-electron chi connectivity index (χ4n) is 1.88. The van der Waals surface area contributed by atoms with Crippen LogP contribution in [0, 0.1) is 0 Å². The van der Waals surface area contributed by atoms with Crippen LogP contribution in [0.4, 0.5) is 19.0 Å². The number of fused-ring (bicyclic) bond motifs is 1. The summed E-state index contributed by atoms with van der Waals surface area (Å²) in [5, 5.41) is 0.683. The van der Waals surface area contributed by atoms with Crippen LogP contribution in [-0.2, 0) is 6.18 Å². The zero-order chi connectivity index (χ0) is 15.2. The van der Waals surface area contributed by atoms with E-state index in [-0.39, 0.29) is 17.2 Å². The first-order chi connectivity index (χ1) is 9.84. The van der Waals surface area contributed by atoms with Gasteiger partial charge in [-0.25, -0.2) is 9.97 Å². The van der Waals surface area contributed by atoms with Crippen molar-refractivity contribution in [2.75, 3.05) is 5.73 Å². The van der Waals surface area contributed by atoms with Crippen LogP contribution in [-0.4, -0.2) is 9.97 Å². The normalized spacial score (nSPS) is 12.0. The maximum Gasteiger partial charge on any atom is 0.416 e. The largest absolute Gasteiger partial charge is 0.416 e. The number of aromatic nitrogens is 2. The van der Waals surface area contributed by atoms with Gasteiger partial charge < -0.3 is 5.73 Å². The molecule has 2 heterocycles. The number of benzene rings is 1. The molecule has 0 saturated heterocycles. The molecule has 8 heteroatoms. The summed E-state index contributed by atoms with van der Waals surface area (Å²) in [6, 6.07) is 6.66. The number of hydrogen-bond donors (Lipinski definition) is 1. The van der Waals surface area contributed by atoms with E-state index in [2.05, 4.69) is 25.9 Å². The van der Waals surface area contributed by atoms with Gasteiger partial charge in [-0.15, -0.1) is 11.3 Å². The molecule has 0 aliphatic rings. The summed E-state index contributed by atoms with van der Waals surface area (Å²) in [5.74, 6) is 0.426. The van der Waals surface area contributed by atoms with E-state index < -0.39 is 11.7 Å². The molecular formula is C13H7BrF3N3S. The number of alkyl halides is 3. The maximum atomic E-state index is 12.7. The third-order valence-corrected chi connectivity index (χ3v) is 4.37. The van der Waals surface area contributed by atoms with E-state index in [4.69, 9.17) is 5.73 Å². The molecule has 0 aliphatic carbocycles. The lowest BCUT2D eigenvalue weighted by atomic mass is 10.1. The monoisotopic (exact) mass is 373 g/mol. The van der Waals surface area contributed by atoms with E-state index >= 15 is 0 Å². The molecule has 108 valence electrons. The molecule has 3 rings (SSSR count). The molecule has 3 aromatic rings. The summed E-state index contributed by atoms with van der Waals surface area (Å²) in [4.78, 5) is 9.00. The van der Waals surface area contributed by atoms with Crippen molar-refractivity contribution < 1.29 is 13.2 Å². The summed E-state index contributed by atoms with van der Waals surface area (Å²) in [5.41, 5.74) is 5.38. The number of rotatable bonds is 1. The molecule has 1 aromatic carbocycles. The molecule has 0 fully saturated rings. The lowest BCUT2D eigenvalue weighted by Crippen LogP contribution is -2.05. The summed E-state index contributed by atoms with van der Waals surface area (Å²) >= 11 is 4.67. The van der Waals surface area contributed by atoms with Gasteiger partial charge in [0.05, 0.1) is 14.7 Å². The standard InChI is InChI=1S/C13H7BrF3N3S/c14-9-5-8-10(18)19-11(20-12(8)21-9)6-2-1-3-7(4-6)13(15,16)17/h1-5H,(H2,18,19,20). The van der Waals surface area contributed by atoms with Crippen molar-refractivity contribution in [3.8, 4) is 11.4 Å². The fraction of sp³-hybridized carbons (Fsp3) is 0.0769. The highest BCUT2D eigenvalue weighted by atomic mass is 79.9. The Morgan fingerprint density at radius 1 is 1.14 bits per heavy atom. The zero-order valence-electron chi connectivity index (χ0n) is 10.3. The molecule has 0 radical (unpaired) electrons. The van der Waals surface area contributed by atoms with Crippen LogP contribution in [0.5, 0.6) is 0 Å². The van der Waals surface area contributed by atoms with Gasteiger partial charge in [0.15, 0.2) is 5.82 Å². The van der Waals surface area contributed by atoms with Gasteiger partial charge in [0.25, 0.3) is 0 Å². The number of anilines is 1. The Labute approximate surface area is 129 Å². The van der Waals surface area contributed by atoms with Gasteiger partial charge in [0.2, 0.25) is 0 Å². The average molecular weight is 374 g/mol. The lowest BCUT2D eigenvalue weighted by Gasteiger charge is -2.08. The smallest absolute Gasteiger partial charge is 0.383 e. The Morgan fingerprint density at radius 3 is 2.62 bits per heavy atom. The fourth-order valence-corrected chi connectivity index (χ4v) is 3.33. The molecule has 0 atom stereocenters. The van der Waals surface area contributed by atoms with Crippen LogP contribution in [0.2, 0.25) is 0 Å². The Bertz CT molecular complexity index is 829. The lowest BCUT2D eigenvalue weighted by molar-refractivity contribution is -0.137. The molecule has 2 N–H and O–H groups in total. The molecule has 0 amide bonds. The number of nitrogen functional groups attached to an aromatic ring is 1. The Kier molecular flexibility index (Phi) is 3.37. The van der Waals surface area contributed by atoms with E-state index in [1.165, 1.54) is 23.5 Å². The molecule has 0 saturated carbocycles. The van der Waals surface area contributed by atoms with Gasteiger partial charge in [0, 0.05) is 5.56 Å². The van der Waals surface area contributed by atoms with Gasteiger partial charge in [-0.05, 0) is 34.1 Å². The number of nitrogens with two attached hydrogens (primary N) is 1. The van der Waals surface area contributed by atoms with Crippen LogP contribution >= 0.6 is 27.3 Å². The second-order valence-corrected chi connectivity index (χ2v) is 6.69. The van der Waals surface area contributed by atoms with Crippen molar-refractivity contribution >= 4 is 43.3 Å². The highest BCUT2D eigenvalue weighted by Gasteiger charge is 2.30. The highest BCUT2D eigenvalue weighted by Crippen LogP contribution is 2.34. The molecule has 3 nitrogen and oxygen atoms in total. The molecular weight excluding hydrogens is 367 g/mol. The minimum Gasteiger partial charge on any atom is -0.383 e. The van der Waals surface area contributed by atoms with Gasteiger partial charge in [-0.3, -0.25) is 0 Å². The maximum absolute atomic E-state index is 12.7. The van der Waals surface area contributed by atoms with Crippen LogP contribution in [0.25, 0.3) is 21.6 Å². The molecule has 21 heavy (non-hydrogen) atoms. The predicted molar refractivity (Wildman–Crippen MR) is 80.0 cm³/mol. The van der Waals surface area contributed by atoms with Crippen molar-refractivity contribution in [2.24, 2.45) is 0 Å². The Balaban J connectivity index is 2.16. The van der Waals surface area contributed by atoms with Crippen molar-refractivity contribution in [3.63, 3.8) is 0 Å². The topological polar surface area (TPSA) is 51.8 Å². The van der Waals surface area contributed by atoms with Crippen molar-refractivity contribution in [1.82, 2.24) is 9.97 Å². The average Bonchev–Trinajstić information content (AvgIpc) is 2.79. The number of hydrogen-bond acceptors (Lipinski definition) is 4. The predicted octanol–water partition coefficient (Wildman–Crippen LogP) is 4.72. The van der Waals surface area contributed by atoms with Gasteiger partial charge >= 0.3 is 6.18 Å². The third-order valence-electron chi connectivity index (χ3n) is 2.84. The zero-order valence-corrected chi connectivity index (χ0v) is 12.7. The van der Waals surface area contributed by atoms with Crippen molar-refractivity contribution in [3.05, 3.63) is 39.7 Å². The SMILES string of the molecule is Nc1nc(-c2cccc(C(F)(F)F)c2)nc2sc(Br)cc12. The van der Waals surface area contributed by atoms with E-state index in [1.54, 1.807) is 6.07 Å². The van der Waals surface area contributed by atoms with Gasteiger partial charge in [0.1, 0.15) is 10.6 Å². The molecule has 2 aromatic heterocycles. The Hall–Kier alpha value is -1.67. The molecule has 0 bridgehead atoms. The van der Waals surface area contributed by atoms with Gasteiger partial charge in [-0.1, -0.05) is 12.1 Å². The molecule has 0 aliphatic heterocycles. The van der Waals surface area contributed by atoms with Crippen molar-refractivity contribution in [1.29, 1.82) is 0 Å². The highest BCUT2D eigenvalue weighted by molar-refractivity contribution is 9.11. The van der Waals surface area contributed by atoms with Crippen LogP contribution in [0.1, 0.15) is 5.56 Å². The van der Waals surface area contributed by atoms with Gasteiger partial charge in [-0.2, -0.15) is 13.2 Å². The summed E-state index contributed by atoms with van der Waals surface area (Å²) in [6.45, 7) is 0. The summed E-state index contributed by atoms with van der Waals surface area (Å²) in [7, 11) is 0. The summed E-state index contributed by atoms with van der Waals surface area (Å²) in [6.07, 6.45) is -4.41. The van der Waals surface area contributed by atoms with E-state index in [0.29, 0.717) is 10.2 Å². The number of thiophene rings is 1. The number of halogens is 4. The minimum absolute atomic E-state index is 0.181. The van der Waals surface area contributed by atoms with E-state index in [9.17, 15) is 13.2 Å². The summed E-state index contributed by atoms with van der Waals surface area (Å²) < 4.78 is 39.1. The first kappa shape index (κ1) is 14.3. The molecule has 0 unspecified atom stereocenters. The van der Waals surface area contributed by atoms with Crippen molar-refractivity contribution in [2.45, 2.75) is 6.18 Å². The second kappa shape index (κ2) is 4.96. The molecule has 0 spiro atoms. The first-order valence-electron chi connectivity index (χ1n) is 5.75. The van der Waals surface area contributed by atoms with E-state index in [1.807, 2.05) is 0 Å². The number of nitrogens with zero attached hydrogens (tertiary/aromatic N) is 2. The second-order valence-electron chi connectivity index (χ2n) is 4.28. The third kappa shape index (κ3) is 2.73. The Morgan fingerprint density at radius 2 is 1.90 bits per heavy atom. The minimum atomic E-state index is -4.41. The van der Waals surface area contributed by atoms with Crippen LogP contribution in [0.3, 0.4) is 0 Å². The van der Waals surface area contributed by atoms with E-state index in [0.717, 1.165) is 15.9 Å². The van der Waals surface area contributed by atoms with Crippen LogP contribution < -0.4 is 5.73 Å². The first-order valence-corrected chi connectivity index (χ1v) is 7.36. The quantitative estimate of drug-likeness (QED) is 0.671. The van der Waals surface area contributed by atoms with Crippen LogP contribution in [0.15, 0.2) is 34.1 Å².